The summed E-state index contributed by atoms with van der Waals surface area (Å²) in [6.07, 6.45) is 4.99. The number of hydrogen-bond acceptors (Lipinski definition) is 6. The number of aromatic nitrogens is 4. The summed E-state index contributed by atoms with van der Waals surface area (Å²) in [6.45, 7) is 9.55. The van der Waals surface area contributed by atoms with E-state index in [-0.39, 0.29) is 11.2 Å². The van der Waals surface area contributed by atoms with Crippen molar-refractivity contribution in [3.63, 3.8) is 0 Å². The van der Waals surface area contributed by atoms with Gasteiger partial charge in [0.15, 0.2) is 11.6 Å². The van der Waals surface area contributed by atoms with Gasteiger partial charge < -0.3 is 9.80 Å². The zero-order valence-corrected chi connectivity index (χ0v) is 15.6. The summed E-state index contributed by atoms with van der Waals surface area (Å²) in [4.78, 5) is 21.7. The van der Waals surface area contributed by atoms with E-state index in [2.05, 4.69) is 41.7 Å². The molecule has 2 aromatic heterocycles. The van der Waals surface area contributed by atoms with Crippen LogP contribution in [0.4, 0.5) is 16.0 Å². The Bertz CT molecular complexity index is 791. The third kappa shape index (κ3) is 3.48. The van der Waals surface area contributed by atoms with Crippen LogP contribution in [0.5, 0.6) is 0 Å². The fourth-order valence-electron chi connectivity index (χ4n) is 3.21. The Morgan fingerprint density at radius 3 is 2.35 bits per heavy atom. The minimum absolute atomic E-state index is 0.00671. The van der Waals surface area contributed by atoms with Crippen molar-refractivity contribution in [3.8, 4) is 0 Å². The molecule has 2 aromatic rings. The van der Waals surface area contributed by atoms with E-state index < -0.39 is 0 Å². The van der Waals surface area contributed by atoms with Gasteiger partial charge in [-0.15, -0.1) is 0 Å². The maximum absolute atomic E-state index is 13.9. The van der Waals surface area contributed by atoms with Crippen LogP contribution in [0.1, 0.15) is 51.0 Å². The van der Waals surface area contributed by atoms with Gasteiger partial charge in [0, 0.05) is 43.6 Å². The monoisotopic (exact) mass is 356 g/mol. The van der Waals surface area contributed by atoms with Crippen molar-refractivity contribution in [2.45, 2.75) is 44.9 Å². The van der Waals surface area contributed by atoms with Crippen molar-refractivity contribution in [1.82, 2.24) is 19.9 Å². The van der Waals surface area contributed by atoms with Crippen LogP contribution in [0.15, 0.2) is 18.6 Å². The maximum atomic E-state index is 13.9. The molecule has 0 radical (unpaired) electrons. The van der Waals surface area contributed by atoms with Gasteiger partial charge in [0.1, 0.15) is 18.0 Å². The number of halogens is 1. The molecule has 1 aliphatic heterocycles. The lowest BCUT2D eigenvalue weighted by atomic mass is 9.91. The predicted octanol–water partition coefficient (Wildman–Crippen LogP) is 2.91. The third-order valence-corrected chi connectivity index (χ3v) is 4.99. The second kappa shape index (κ2) is 6.45. The van der Waals surface area contributed by atoms with Gasteiger partial charge in [0.25, 0.3) is 0 Å². The molecule has 0 bridgehead atoms. The molecule has 0 unspecified atom stereocenters. The number of anilines is 2. The fraction of sp³-hybridized carbons (Fsp3) is 0.579. The highest BCUT2D eigenvalue weighted by Crippen LogP contribution is 2.39. The first-order valence-corrected chi connectivity index (χ1v) is 9.26. The van der Waals surface area contributed by atoms with Crippen molar-refractivity contribution in [1.29, 1.82) is 0 Å². The molecular formula is C19H25FN6. The van der Waals surface area contributed by atoms with Crippen LogP contribution in [-0.4, -0.2) is 46.1 Å². The van der Waals surface area contributed by atoms with Gasteiger partial charge in [0.05, 0.1) is 11.9 Å². The van der Waals surface area contributed by atoms with E-state index in [1.165, 1.54) is 25.4 Å². The predicted molar refractivity (Wildman–Crippen MR) is 99.1 cm³/mol. The summed E-state index contributed by atoms with van der Waals surface area (Å²) in [5.41, 5.74) is 1.08. The molecular weight excluding hydrogens is 331 g/mol. The molecule has 6 nitrogen and oxygen atoms in total. The lowest BCUT2D eigenvalue weighted by Gasteiger charge is -2.36. The van der Waals surface area contributed by atoms with Gasteiger partial charge in [-0.25, -0.2) is 24.3 Å². The molecule has 2 fully saturated rings. The molecule has 2 aliphatic rings. The molecule has 4 rings (SSSR count). The molecule has 0 spiro atoms. The van der Waals surface area contributed by atoms with Crippen LogP contribution in [0.3, 0.4) is 0 Å². The first kappa shape index (κ1) is 17.1. The summed E-state index contributed by atoms with van der Waals surface area (Å²) in [6, 6.07) is 2.12. The molecule has 0 aromatic carbocycles. The second-order valence-corrected chi connectivity index (χ2v) is 8.16. The van der Waals surface area contributed by atoms with Crippen molar-refractivity contribution < 1.29 is 4.39 Å². The minimum atomic E-state index is -0.367. The number of nitrogens with zero attached hydrogens (tertiary/aromatic N) is 6. The van der Waals surface area contributed by atoms with Gasteiger partial charge in [-0.3, -0.25) is 0 Å². The first-order valence-electron chi connectivity index (χ1n) is 9.26. The summed E-state index contributed by atoms with van der Waals surface area (Å²) < 4.78 is 13.9. The zero-order valence-electron chi connectivity index (χ0n) is 15.6. The molecule has 1 saturated carbocycles. The number of piperazine rings is 1. The molecule has 26 heavy (non-hydrogen) atoms. The molecule has 7 heteroatoms. The van der Waals surface area contributed by atoms with Crippen LogP contribution in [0.25, 0.3) is 0 Å². The third-order valence-electron chi connectivity index (χ3n) is 4.99. The van der Waals surface area contributed by atoms with E-state index in [4.69, 9.17) is 9.97 Å². The summed E-state index contributed by atoms with van der Waals surface area (Å²) in [7, 11) is 0. The van der Waals surface area contributed by atoms with Crippen LogP contribution in [0.2, 0.25) is 0 Å². The summed E-state index contributed by atoms with van der Waals surface area (Å²) in [5, 5.41) is 0. The summed E-state index contributed by atoms with van der Waals surface area (Å²) >= 11 is 0. The molecule has 0 N–H and O–H groups in total. The SMILES string of the molecule is CC(C)(C)c1cc(N2CCN(c3ncncc3F)CC2)nc(C2CC2)n1. The average Bonchev–Trinajstić information content (AvgIpc) is 3.46. The van der Waals surface area contributed by atoms with E-state index in [1.807, 2.05) is 4.90 Å². The smallest absolute Gasteiger partial charge is 0.183 e. The fourth-order valence-corrected chi connectivity index (χ4v) is 3.21. The van der Waals surface area contributed by atoms with E-state index in [0.717, 1.165) is 30.4 Å². The average molecular weight is 356 g/mol. The Hall–Kier alpha value is -2.31. The highest BCUT2D eigenvalue weighted by molar-refractivity contribution is 5.46. The molecule has 1 saturated heterocycles. The molecule has 1 aliphatic carbocycles. The minimum Gasteiger partial charge on any atom is -0.353 e. The Morgan fingerprint density at radius 1 is 1.04 bits per heavy atom. The highest BCUT2D eigenvalue weighted by atomic mass is 19.1. The van der Waals surface area contributed by atoms with Gasteiger partial charge in [0.2, 0.25) is 0 Å². The topological polar surface area (TPSA) is 58.0 Å². The van der Waals surface area contributed by atoms with E-state index in [9.17, 15) is 4.39 Å². The van der Waals surface area contributed by atoms with Crippen molar-refractivity contribution in [2.75, 3.05) is 36.0 Å². The van der Waals surface area contributed by atoms with Gasteiger partial charge in [-0.05, 0) is 12.8 Å². The second-order valence-electron chi connectivity index (χ2n) is 8.16. The molecule has 0 amide bonds. The van der Waals surface area contributed by atoms with Gasteiger partial charge in [-0.2, -0.15) is 0 Å². The van der Waals surface area contributed by atoms with Crippen molar-refractivity contribution in [3.05, 3.63) is 35.9 Å². The normalized spacial score (nSPS) is 18.3. The van der Waals surface area contributed by atoms with Gasteiger partial charge >= 0.3 is 0 Å². The lowest BCUT2D eigenvalue weighted by molar-refractivity contribution is 0.557. The number of hydrogen-bond donors (Lipinski definition) is 0. The quantitative estimate of drug-likeness (QED) is 0.843. The van der Waals surface area contributed by atoms with E-state index in [0.29, 0.717) is 24.8 Å². The van der Waals surface area contributed by atoms with Crippen molar-refractivity contribution in [2.24, 2.45) is 0 Å². The van der Waals surface area contributed by atoms with Crippen molar-refractivity contribution >= 4 is 11.6 Å². The van der Waals surface area contributed by atoms with E-state index >= 15 is 0 Å². The zero-order chi connectivity index (χ0) is 18.3. The maximum Gasteiger partial charge on any atom is 0.183 e. The Morgan fingerprint density at radius 2 is 1.73 bits per heavy atom. The highest BCUT2D eigenvalue weighted by Gasteiger charge is 2.30. The Kier molecular flexibility index (Phi) is 4.25. The molecule has 138 valence electrons. The largest absolute Gasteiger partial charge is 0.353 e. The van der Waals surface area contributed by atoms with Crippen LogP contribution < -0.4 is 9.80 Å². The van der Waals surface area contributed by atoms with Crippen LogP contribution >= 0.6 is 0 Å². The van der Waals surface area contributed by atoms with Crippen LogP contribution in [0, 0.1) is 5.82 Å². The standard InChI is InChI=1S/C19H25FN6/c1-19(2,3)15-10-16(24-17(23-15)13-4-5-13)25-6-8-26(9-7-25)18-14(20)11-21-12-22-18/h10-13H,4-9H2,1-3H3. The molecule has 3 heterocycles. The first-order chi connectivity index (χ1) is 12.4. The van der Waals surface area contributed by atoms with Crippen LogP contribution in [-0.2, 0) is 5.41 Å². The Labute approximate surface area is 153 Å². The summed E-state index contributed by atoms with van der Waals surface area (Å²) in [5.74, 6) is 2.52. The van der Waals surface area contributed by atoms with Gasteiger partial charge in [-0.1, -0.05) is 20.8 Å². The number of rotatable bonds is 3. The lowest BCUT2D eigenvalue weighted by Crippen LogP contribution is -2.47. The Balaban J connectivity index is 1.54. The molecule has 0 atom stereocenters. The van der Waals surface area contributed by atoms with E-state index in [1.54, 1.807) is 0 Å².